The predicted molar refractivity (Wildman–Crippen MR) is 117 cm³/mol. The first-order valence-corrected chi connectivity index (χ1v) is 11.2. The summed E-state index contributed by atoms with van der Waals surface area (Å²) in [5.41, 5.74) is 6.54. The van der Waals surface area contributed by atoms with Gasteiger partial charge in [-0.3, -0.25) is 4.79 Å². The number of hydrogen-bond acceptors (Lipinski definition) is 4. The minimum absolute atomic E-state index is 0.127. The second kappa shape index (κ2) is 8.38. The fraction of sp³-hybridized carbons (Fsp3) is 0.619. The highest BCUT2D eigenvalue weighted by Crippen LogP contribution is 2.42. The molecule has 5 atom stereocenters. The van der Waals surface area contributed by atoms with Gasteiger partial charge in [-0.1, -0.05) is 30.9 Å². The normalized spacial score (nSPS) is 33.1. The van der Waals surface area contributed by atoms with E-state index in [9.17, 15) is 15.0 Å². The lowest BCUT2D eigenvalue weighted by molar-refractivity contribution is -0.129. The summed E-state index contributed by atoms with van der Waals surface area (Å²) in [6.45, 7) is 0.722. The molecule has 3 fully saturated rings. The Kier molecular flexibility index (Phi) is 6.02. The van der Waals surface area contributed by atoms with Crippen molar-refractivity contribution in [1.29, 1.82) is 0 Å². The SMILES string of the molecule is NC(=O)[C@@H]1C[C@@H](O)[C@H](O)[C@H]2[C@H]1N(c1ccc(Cl)cc1)C(=S)N2CC1CCCCC1. The van der Waals surface area contributed by atoms with E-state index in [1.165, 1.54) is 19.3 Å². The lowest BCUT2D eigenvalue weighted by atomic mass is 9.76. The molecule has 0 unspecified atom stereocenters. The zero-order chi connectivity index (χ0) is 20.7. The summed E-state index contributed by atoms with van der Waals surface area (Å²) in [5, 5.41) is 22.6. The molecule has 1 aromatic rings. The van der Waals surface area contributed by atoms with Crippen LogP contribution in [-0.2, 0) is 4.79 Å². The van der Waals surface area contributed by atoms with Gasteiger partial charge >= 0.3 is 0 Å². The fourth-order valence-electron chi connectivity index (χ4n) is 5.32. The van der Waals surface area contributed by atoms with E-state index in [1.807, 2.05) is 21.9 Å². The molecule has 0 aromatic heterocycles. The van der Waals surface area contributed by atoms with E-state index < -0.39 is 36.1 Å². The van der Waals surface area contributed by atoms with Gasteiger partial charge in [0.2, 0.25) is 5.91 Å². The molecule has 1 aromatic carbocycles. The molecule has 0 spiro atoms. The van der Waals surface area contributed by atoms with Crippen LogP contribution in [0.5, 0.6) is 0 Å². The van der Waals surface area contributed by atoms with E-state index in [-0.39, 0.29) is 6.42 Å². The minimum Gasteiger partial charge on any atom is -0.390 e. The topological polar surface area (TPSA) is 90.0 Å². The maximum atomic E-state index is 12.3. The molecule has 1 saturated heterocycles. The summed E-state index contributed by atoms with van der Waals surface area (Å²) in [6.07, 6.45) is 4.07. The molecule has 3 aliphatic rings. The van der Waals surface area contributed by atoms with Crippen molar-refractivity contribution in [2.45, 2.75) is 62.8 Å². The van der Waals surface area contributed by atoms with Crippen molar-refractivity contribution in [3.8, 4) is 0 Å². The van der Waals surface area contributed by atoms with Crippen molar-refractivity contribution < 1.29 is 15.0 Å². The first-order chi connectivity index (χ1) is 13.9. The Morgan fingerprint density at radius 2 is 1.79 bits per heavy atom. The Bertz CT molecular complexity index is 771. The number of carbonyl (C=O) groups is 1. The third kappa shape index (κ3) is 3.85. The first kappa shape index (κ1) is 20.8. The predicted octanol–water partition coefficient (Wildman–Crippen LogP) is 2.29. The number of hydrogen-bond donors (Lipinski definition) is 3. The number of nitrogens with two attached hydrogens (primary N) is 1. The van der Waals surface area contributed by atoms with Crippen LogP contribution in [0.2, 0.25) is 5.02 Å². The Balaban J connectivity index is 1.73. The molecular weight excluding hydrogens is 410 g/mol. The summed E-state index contributed by atoms with van der Waals surface area (Å²) in [7, 11) is 0. The number of nitrogens with zero attached hydrogens (tertiary/aromatic N) is 2. The van der Waals surface area contributed by atoms with Crippen LogP contribution in [0.4, 0.5) is 5.69 Å². The highest BCUT2D eigenvalue weighted by molar-refractivity contribution is 7.80. The van der Waals surface area contributed by atoms with Crippen molar-refractivity contribution >= 4 is 40.5 Å². The van der Waals surface area contributed by atoms with Crippen molar-refractivity contribution in [2.24, 2.45) is 17.6 Å². The number of amides is 1. The Hall–Kier alpha value is -1.41. The summed E-state index contributed by atoms with van der Waals surface area (Å²) in [6, 6.07) is 6.41. The number of primary amides is 1. The van der Waals surface area contributed by atoms with Crippen LogP contribution in [-0.4, -0.2) is 57.0 Å². The smallest absolute Gasteiger partial charge is 0.222 e. The van der Waals surface area contributed by atoms with E-state index in [1.54, 1.807) is 12.1 Å². The molecule has 6 nitrogen and oxygen atoms in total. The average molecular weight is 438 g/mol. The summed E-state index contributed by atoms with van der Waals surface area (Å²) >= 11 is 11.9. The van der Waals surface area contributed by atoms with Crippen LogP contribution in [0, 0.1) is 11.8 Å². The van der Waals surface area contributed by atoms with Gasteiger partial charge in [-0.15, -0.1) is 0 Å². The molecule has 4 N–H and O–H groups in total. The van der Waals surface area contributed by atoms with Gasteiger partial charge in [0.1, 0.15) is 6.10 Å². The number of anilines is 1. The molecule has 1 aliphatic heterocycles. The van der Waals surface area contributed by atoms with Crippen molar-refractivity contribution in [3.05, 3.63) is 29.3 Å². The molecule has 2 saturated carbocycles. The Morgan fingerprint density at radius 3 is 2.41 bits per heavy atom. The number of carbonyl (C=O) groups excluding carboxylic acids is 1. The number of aliphatic hydroxyl groups excluding tert-OH is 2. The molecule has 1 heterocycles. The van der Waals surface area contributed by atoms with E-state index in [4.69, 9.17) is 29.6 Å². The number of rotatable bonds is 4. The van der Waals surface area contributed by atoms with E-state index in [2.05, 4.69) is 0 Å². The molecule has 29 heavy (non-hydrogen) atoms. The second-order valence-corrected chi connectivity index (χ2v) is 9.37. The standard InChI is InChI=1S/C21H28ClN3O3S/c22-13-6-8-14(9-7-13)25-17-15(20(23)28)10-16(26)19(27)18(17)24(21(25)29)11-12-4-2-1-3-5-12/h6-9,12,15-19,26-27H,1-5,10-11H2,(H2,23,28)/t15-,16-,17+,18-,19+/m1/s1. The van der Waals surface area contributed by atoms with Crippen LogP contribution in [0.25, 0.3) is 0 Å². The molecule has 2 aliphatic carbocycles. The van der Waals surface area contributed by atoms with Gasteiger partial charge in [-0.05, 0) is 61.7 Å². The van der Waals surface area contributed by atoms with Crippen LogP contribution < -0.4 is 10.6 Å². The maximum Gasteiger partial charge on any atom is 0.222 e. The third-order valence-electron chi connectivity index (χ3n) is 6.76. The van der Waals surface area contributed by atoms with Gasteiger partial charge in [0.25, 0.3) is 0 Å². The van der Waals surface area contributed by atoms with Gasteiger partial charge < -0.3 is 25.7 Å². The molecule has 0 radical (unpaired) electrons. The fourth-order valence-corrected chi connectivity index (χ4v) is 5.87. The van der Waals surface area contributed by atoms with E-state index in [0.717, 1.165) is 25.1 Å². The highest BCUT2D eigenvalue weighted by atomic mass is 35.5. The van der Waals surface area contributed by atoms with Gasteiger partial charge in [-0.25, -0.2) is 0 Å². The van der Waals surface area contributed by atoms with Crippen LogP contribution >= 0.6 is 23.8 Å². The quantitative estimate of drug-likeness (QED) is 0.626. The molecule has 8 heteroatoms. The molecule has 158 valence electrons. The molecular formula is C21H28ClN3O3S. The molecule has 0 bridgehead atoms. The maximum absolute atomic E-state index is 12.3. The number of benzene rings is 1. The van der Waals surface area contributed by atoms with E-state index >= 15 is 0 Å². The average Bonchev–Trinajstić information content (AvgIpc) is 2.98. The number of fused-ring (bicyclic) bond motifs is 1. The number of thiocarbonyl (C=S) groups is 1. The summed E-state index contributed by atoms with van der Waals surface area (Å²) in [4.78, 5) is 16.3. The minimum atomic E-state index is -1.00. The van der Waals surface area contributed by atoms with Gasteiger partial charge in [-0.2, -0.15) is 0 Å². The van der Waals surface area contributed by atoms with Crippen molar-refractivity contribution in [2.75, 3.05) is 11.4 Å². The summed E-state index contributed by atoms with van der Waals surface area (Å²) in [5.74, 6) is -0.596. The van der Waals surface area contributed by atoms with Crippen molar-refractivity contribution in [1.82, 2.24) is 4.90 Å². The first-order valence-electron chi connectivity index (χ1n) is 10.4. The van der Waals surface area contributed by atoms with Crippen LogP contribution in [0.1, 0.15) is 38.5 Å². The molecule has 4 rings (SSSR count). The van der Waals surface area contributed by atoms with Gasteiger partial charge in [0.15, 0.2) is 5.11 Å². The number of halogens is 1. The molecule has 1 amide bonds. The lowest BCUT2D eigenvalue weighted by Gasteiger charge is -2.43. The van der Waals surface area contributed by atoms with Gasteiger partial charge in [0, 0.05) is 17.3 Å². The zero-order valence-electron chi connectivity index (χ0n) is 16.3. The Morgan fingerprint density at radius 1 is 1.14 bits per heavy atom. The van der Waals surface area contributed by atoms with E-state index in [0.29, 0.717) is 16.1 Å². The zero-order valence-corrected chi connectivity index (χ0v) is 17.9. The third-order valence-corrected chi connectivity index (χ3v) is 7.44. The lowest BCUT2D eigenvalue weighted by Crippen LogP contribution is -2.61. The van der Waals surface area contributed by atoms with Crippen molar-refractivity contribution in [3.63, 3.8) is 0 Å². The monoisotopic (exact) mass is 437 g/mol. The van der Waals surface area contributed by atoms with Gasteiger partial charge in [0.05, 0.1) is 24.1 Å². The largest absolute Gasteiger partial charge is 0.390 e. The summed E-state index contributed by atoms with van der Waals surface area (Å²) < 4.78 is 0. The highest BCUT2D eigenvalue weighted by Gasteiger charge is 2.57. The second-order valence-electron chi connectivity index (χ2n) is 8.57. The Labute approximate surface area is 181 Å². The van der Waals surface area contributed by atoms with Crippen LogP contribution in [0.15, 0.2) is 24.3 Å². The van der Waals surface area contributed by atoms with Crippen LogP contribution in [0.3, 0.4) is 0 Å². The number of aliphatic hydroxyl groups is 2.